The maximum absolute atomic E-state index is 6.99. The van der Waals surface area contributed by atoms with Crippen LogP contribution in [0.15, 0.2) is 48.5 Å². The molecule has 2 aromatic rings. The third-order valence-corrected chi connectivity index (χ3v) is 13.2. The molecule has 0 aromatic heterocycles. The lowest BCUT2D eigenvalue weighted by Gasteiger charge is -2.55. The largest absolute Gasteiger partial charge is 0.489 e. The molecule has 5 atom stereocenters. The first kappa shape index (κ1) is 40.6. The molecule has 1 aliphatic heterocycles. The highest BCUT2D eigenvalue weighted by Gasteiger charge is 2.67. The molecule has 2 aromatic carbocycles. The average molecular weight is 737 g/mol. The highest BCUT2D eigenvalue weighted by molar-refractivity contribution is 5.42. The zero-order chi connectivity index (χ0) is 37.0. The topological polar surface area (TPSA) is 73.8 Å². The maximum atomic E-state index is 6.99. The van der Waals surface area contributed by atoms with E-state index < -0.39 is 11.8 Å². The average Bonchev–Trinajstić information content (AvgIpc) is 3.80. The van der Waals surface area contributed by atoms with Crippen LogP contribution in [0.4, 0.5) is 0 Å². The quantitative estimate of drug-likeness (QED) is 0.0825. The Morgan fingerprint density at radius 1 is 0.755 bits per heavy atom. The fourth-order valence-corrected chi connectivity index (χ4v) is 10.3. The van der Waals surface area contributed by atoms with E-state index in [4.69, 9.17) is 37.9 Å². The van der Waals surface area contributed by atoms with E-state index in [1.165, 1.54) is 74.5 Å². The van der Waals surface area contributed by atoms with E-state index in [1.54, 1.807) is 21.3 Å². The number of hydrogen-bond donors (Lipinski definition) is 0. The van der Waals surface area contributed by atoms with Gasteiger partial charge in [0.1, 0.15) is 12.4 Å². The molecule has 296 valence electrons. The van der Waals surface area contributed by atoms with Crippen LogP contribution in [0.25, 0.3) is 0 Å². The molecule has 0 unspecified atom stereocenters. The lowest BCUT2D eigenvalue weighted by Crippen LogP contribution is -2.56. The van der Waals surface area contributed by atoms with Crippen molar-refractivity contribution in [1.29, 1.82) is 0 Å². The molecule has 0 radical (unpaired) electrons. The van der Waals surface area contributed by atoms with Crippen molar-refractivity contribution in [3.63, 3.8) is 0 Å². The summed E-state index contributed by atoms with van der Waals surface area (Å²) in [6.07, 6.45) is 18.4. The maximum Gasteiger partial charge on any atom is 0.282 e. The molecule has 1 spiro atoms. The van der Waals surface area contributed by atoms with Gasteiger partial charge >= 0.3 is 0 Å². The molecule has 53 heavy (non-hydrogen) atoms. The van der Waals surface area contributed by atoms with Gasteiger partial charge in [0.25, 0.3) is 5.97 Å². The molecule has 1 heterocycles. The third-order valence-electron chi connectivity index (χ3n) is 13.2. The van der Waals surface area contributed by atoms with Gasteiger partial charge in [-0.3, -0.25) is 0 Å². The van der Waals surface area contributed by atoms with Crippen molar-refractivity contribution in [2.24, 2.45) is 17.3 Å². The van der Waals surface area contributed by atoms with Crippen molar-refractivity contribution in [3.8, 4) is 5.75 Å². The van der Waals surface area contributed by atoms with Crippen LogP contribution in [-0.4, -0.2) is 72.2 Å². The summed E-state index contributed by atoms with van der Waals surface area (Å²) in [6, 6.07) is 17.3. The van der Waals surface area contributed by atoms with Crippen molar-refractivity contribution in [2.45, 2.75) is 140 Å². The number of hydrogen-bond acceptors (Lipinski definition) is 8. The molecule has 0 amide bonds. The molecular formula is C45H68O8. The number of fused-ring (bicyclic) bond motifs is 6. The van der Waals surface area contributed by atoms with Gasteiger partial charge in [0.05, 0.1) is 19.3 Å². The van der Waals surface area contributed by atoms with E-state index in [2.05, 4.69) is 55.5 Å². The van der Waals surface area contributed by atoms with Gasteiger partial charge in [-0.1, -0.05) is 88.3 Å². The van der Waals surface area contributed by atoms with Crippen LogP contribution in [0.1, 0.15) is 126 Å². The summed E-state index contributed by atoms with van der Waals surface area (Å²) in [5, 5.41) is 0. The van der Waals surface area contributed by atoms with Crippen molar-refractivity contribution < 1.29 is 37.9 Å². The minimum atomic E-state index is -0.954. The van der Waals surface area contributed by atoms with E-state index in [0.717, 1.165) is 57.5 Å². The van der Waals surface area contributed by atoms with Gasteiger partial charge < -0.3 is 37.9 Å². The fraction of sp³-hybridized carbons (Fsp3) is 0.733. The number of benzene rings is 2. The molecule has 0 N–H and O–H groups in total. The predicted molar refractivity (Wildman–Crippen MR) is 207 cm³/mol. The first-order chi connectivity index (χ1) is 26.0. The molecular weight excluding hydrogens is 668 g/mol. The van der Waals surface area contributed by atoms with Crippen molar-refractivity contribution in [3.05, 3.63) is 65.2 Å². The Labute approximate surface area is 319 Å². The zero-order valence-corrected chi connectivity index (χ0v) is 33.3. The SMILES string of the molecule is COC(CCCOCCCCCCCCCCCO[C@H]1C[C@@]2(C)[C@@H](CCC23OCCO3)[C@@H]2CCc3cc(OCc4ccccc4)ccc3[C@H]21)(OC)OC. The molecule has 1 saturated heterocycles. The van der Waals surface area contributed by atoms with Crippen LogP contribution in [-0.2, 0) is 46.2 Å². The molecule has 3 fully saturated rings. The molecule has 6 rings (SSSR count). The number of aryl methyl sites for hydroxylation is 1. The van der Waals surface area contributed by atoms with Gasteiger partial charge in [0.15, 0.2) is 5.79 Å². The lowest BCUT2D eigenvalue weighted by atomic mass is 9.53. The lowest BCUT2D eigenvalue weighted by molar-refractivity contribution is -0.355. The monoisotopic (exact) mass is 736 g/mol. The highest BCUT2D eigenvalue weighted by atomic mass is 16.9. The van der Waals surface area contributed by atoms with Gasteiger partial charge in [-0.05, 0) is 85.6 Å². The van der Waals surface area contributed by atoms with Crippen LogP contribution in [0, 0.1) is 17.3 Å². The van der Waals surface area contributed by atoms with E-state index in [1.807, 2.05) is 0 Å². The second kappa shape index (κ2) is 19.7. The Morgan fingerprint density at radius 3 is 2.11 bits per heavy atom. The number of rotatable bonds is 23. The van der Waals surface area contributed by atoms with Crippen molar-refractivity contribution in [1.82, 2.24) is 0 Å². The summed E-state index contributed by atoms with van der Waals surface area (Å²) < 4.78 is 48.1. The summed E-state index contributed by atoms with van der Waals surface area (Å²) in [4.78, 5) is 0. The van der Waals surface area contributed by atoms with Gasteiger partial charge in [-0.15, -0.1) is 0 Å². The summed E-state index contributed by atoms with van der Waals surface area (Å²) in [5.41, 5.74) is 4.12. The molecule has 4 aliphatic rings. The van der Waals surface area contributed by atoms with Gasteiger partial charge in [0, 0.05) is 65.3 Å². The predicted octanol–water partition coefficient (Wildman–Crippen LogP) is 9.76. The van der Waals surface area contributed by atoms with Crippen molar-refractivity contribution >= 4 is 0 Å². The van der Waals surface area contributed by atoms with Crippen molar-refractivity contribution in [2.75, 3.05) is 54.4 Å². The van der Waals surface area contributed by atoms with Crippen LogP contribution in [0.5, 0.6) is 5.75 Å². The number of methoxy groups -OCH3 is 3. The fourth-order valence-electron chi connectivity index (χ4n) is 10.3. The third kappa shape index (κ3) is 9.68. The summed E-state index contributed by atoms with van der Waals surface area (Å²) >= 11 is 0. The van der Waals surface area contributed by atoms with E-state index >= 15 is 0 Å². The molecule has 2 saturated carbocycles. The van der Waals surface area contributed by atoms with Gasteiger partial charge in [0.2, 0.25) is 0 Å². The second-order valence-corrected chi connectivity index (χ2v) is 16.2. The van der Waals surface area contributed by atoms with E-state index in [0.29, 0.717) is 50.6 Å². The van der Waals surface area contributed by atoms with Crippen LogP contribution >= 0.6 is 0 Å². The molecule has 8 nitrogen and oxygen atoms in total. The Kier molecular flexibility index (Phi) is 15.1. The molecule has 3 aliphatic carbocycles. The first-order valence-electron chi connectivity index (χ1n) is 20.9. The normalized spacial score (nSPS) is 26.0. The summed E-state index contributed by atoms with van der Waals surface area (Å²) in [7, 11) is 4.80. The van der Waals surface area contributed by atoms with E-state index in [-0.39, 0.29) is 11.5 Å². The number of unbranched alkanes of at least 4 members (excludes halogenated alkanes) is 8. The second-order valence-electron chi connectivity index (χ2n) is 16.2. The summed E-state index contributed by atoms with van der Waals surface area (Å²) in [6.45, 7) is 6.84. The molecule has 8 heteroatoms. The van der Waals surface area contributed by atoms with Gasteiger partial charge in [-0.25, -0.2) is 0 Å². The Morgan fingerprint density at radius 2 is 1.42 bits per heavy atom. The molecule has 0 bridgehead atoms. The number of ether oxygens (including phenoxy) is 8. The minimum absolute atomic E-state index is 0.0109. The Balaban J connectivity index is 0.922. The smallest absolute Gasteiger partial charge is 0.282 e. The zero-order valence-electron chi connectivity index (χ0n) is 33.3. The van der Waals surface area contributed by atoms with Crippen LogP contribution in [0.3, 0.4) is 0 Å². The van der Waals surface area contributed by atoms with E-state index in [9.17, 15) is 0 Å². The van der Waals surface area contributed by atoms with Crippen LogP contribution < -0.4 is 4.74 Å². The first-order valence-corrected chi connectivity index (χ1v) is 20.9. The van der Waals surface area contributed by atoms with Crippen LogP contribution in [0.2, 0.25) is 0 Å². The Bertz CT molecular complexity index is 1350. The minimum Gasteiger partial charge on any atom is -0.489 e. The van der Waals surface area contributed by atoms with Gasteiger partial charge in [-0.2, -0.15) is 0 Å². The highest BCUT2D eigenvalue weighted by Crippen LogP contribution is 2.66. The summed E-state index contributed by atoms with van der Waals surface area (Å²) in [5.74, 6) is 1.19. The Hall–Kier alpha value is -2.04. The standard InChI is InChI=1S/C45H68O8/c1-43-33-41(50-29-16-11-9-7-5-6-8-10-15-27-49-28-17-25-45(46-2,47-3)48-4)42-38-23-21-37(51-34-35-18-13-12-14-19-35)32-36(38)20-22-39(42)40(43)24-26-44(43)52-30-31-53-44/h12-14,18-19,21,23,32,39-42H,5-11,15-17,20,22,24-31,33-34H2,1-4H3/t39-,40-,41-,42+,43-/m0/s1.